The van der Waals surface area contributed by atoms with Crippen molar-refractivity contribution in [3.63, 3.8) is 0 Å². The number of benzene rings is 1. The second-order valence-electron chi connectivity index (χ2n) is 4.69. The van der Waals surface area contributed by atoms with E-state index in [-0.39, 0.29) is 16.6 Å². The van der Waals surface area contributed by atoms with Gasteiger partial charge in [-0.15, -0.1) is 11.3 Å². The number of nitro benzene ring substituents is 1. The van der Waals surface area contributed by atoms with E-state index in [1.807, 2.05) is 0 Å². The molecule has 0 fully saturated rings. The number of hydrogen-bond acceptors (Lipinski definition) is 8. The van der Waals surface area contributed by atoms with Crippen molar-refractivity contribution in [2.45, 2.75) is 0 Å². The number of thiazole rings is 1. The maximum atomic E-state index is 12.0. The third kappa shape index (κ3) is 3.50. The van der Waals surface area contributed by atoms with E-state index in [0.717, 1.165) is 17.4 Å². The molecule has 0 unspecified atom stereocenters. The lowest BCUT2D eigenvalue weighted by molar-refractivity contribution is -0.402. The van der Waals surface area contributed by atoms with Crippen LogP contribution >= 0.6 is 11.3 Å². The lowest BCUT2D eigenvalue weighted by Gasteiger charge is -1.98. The first kappa shape index (κ1) is 16.3. The van der Waals surface area contributed by atoms with E-state index in [9.17, 15) is 25.0 Å². The van der Waals surface area contributed by atoms with E-state index in [1.165, 1.54) is 24.3 Å². The van der Waals surface area contributed by atoms with Gasteiger partial charge in [0.15, 0.2) is 10.9 Å². The highest BCUT2D eigenvalue weighted by atomic mass is 32.1. The van der Waals surface area contributed by atoms with Gasteiger partial charge >= 0.3 is 5.88 Å². The summed E-state index contributed by atoms with van der Waals surface area (Å²) in [5, 5.41) is 25.7. The molecule has 2 aromatic heterocycles. The first-order chi connectivity index (χ1) is 11.9. The van der Waals surface area contributed by atoms with Gasteiger partial charge in [0.05, 0.1) is 16.7 Å². The second kappa shape index (κ2) is 6.49. The van der Waals surface area contributed by atoms with Gasteiger partial charge in [0.25, 0.3) is 11.6 Å². The Morgan fingerprint density at radius 1 is 1.16 bits per heavy atom. The molecule has 0 aliphatic carbocycles. The van der Waals surface area contributed by atoms with Crippen LogP contribution in [0.5, 0.6) is 0 Å². The van der Waals surface area contributed by atoms with Crippen LogP contribution in [0, 0.1) is 20.2 Å². The Morgan fingerprint density at radius 3 is 2.64 bits per heavy atom. The van der Waals surface area contributed by atoms with Gasteiger partial charge in [0, 0.05) is 23.1 Å². The van der Waals surface area contributed by atoms with E-state index < -0.39 is 21.6 Å². The molecule has 10 nitrogen and oxygen atoms in total. The van der Waals surface area contributed by atoms with Gasteiger partial charge in [-0.05, 0) is 6.07 Å². The van der Waals surface area contributed by atoms with Crippen LogP contribution in [-0.4, -0.2) is 20.7 Å². The van der Waals surface area contributed by atoms with Crippen molar-refractivity contribution < 1.29 is 19.1 Å². The third-order valence-corrected chi connectivity index (χ3v) is 3.83. The summed E-state index contributed by atoms with van der Waals surface area (Å²) in [7, 11) is 0. The zero-order valence-electron chi connectivity index (χ0n) is 12.2. The molecule has 0 aliphatic heterocycles. The summed E-state index contributed by atoms with van der Waals surface area (Å²) in [6, 6.07) is 8.18. The van der Waals surface area contributed by atoms with Gasteiger partial charge < -0.3 is 4.42 Å². The molecule has 0 saturated heterocycles. The van der Waals surface area contributed by atoms with Gasteiger partial charge in [0.2, 0.25) is 0 Å². The number of nitrogens with zero attached hydrogens (tertiary/aromatic N) is 3. The Morgan fingerprint density at radius 2 is 1.96 bits per heavy atom. The third-order valence-electron chi connectivity index (χ3n) is 3.07. The van der Waals surface area contributed by atoms with Crippen LogP contribution in [0.1, 0.15) is 10.6 Å². The maximum absolute atomic E-state index is 12.0. The van der Waals surface area contributed by atoms with Crippen molar-refractivity contribution in [3.05, 3.63) is 67.8 Å². The zero-order valence-corrected chi connectivity index (χ0v) is 13.1. The fraction of sp³-hybridized carbons (Fsp3) is 0. The Kier molecular flexibility index (Phi) is 4.22. The molecule has 0 bridgehead atoms. The number of furan rings is 1. The SMILES string of the molecule is O=C(Nc1nc(-c2cccc([N+](=O)[O-])c2)cs1)c1ccc([N+](=O)[O-])o1. The molecule has 1 N–H and O–H groups in total. The molecule has 25 heavy (non-hydrogen) atoms. The second-order valence-corrected chi connectivity index (χ2v) is 5.55. The first-order valence-corrected chi connectivity index (χ1v) is 7.58. The Balaban J connectivity index is 1.77. The predicted molar refractivity (Wildman–Crippen MR) is 87.5 cm³/mol. The van der Waals surface area contributed by atoms with Crippen molar-refractivity contribution in [3.8, 4) is 11.3 Å². The average Bonchev–Trinajstić information content (AvgIpc) is 3.24. The number of non-ortho nitro benzene ring substituents is 1. The molecule has 0 saturated carbocycles. The van der Waals surface area contributed by atoms with E-state index >= 15 is 0 Å². The van der Waals surface area contributed by atoms with Gasteiger partial charge in [-0.3, -0.25) is 30.3 Å². The molecule has 0 atom stereocenters. The number of nitro groups is 2. The largest absolute Gasteiger partial charge is 0.433 e. The number of rotatable bonds is 5. The molecule has 126 valence electrons. The average molecular weight is 360 g/mol. The number of aromatic nitrogens is 1. The Hall–Kier alpha value is -3.60. The zero-order chi connectivity index (χ0) is 18.0. The molecule has 0 radical (unpaired) electrons. The van der Waals surface area contributed by atoms with Crippen LogP contribution in [0.4, 0.5) is 16.7 Å². The summed E-state index contributed by atoms with van der Waals surface area (Å²) in [5.41, 5.74) is 0.910. The van der Waals surface area contributed by atoms with Crippen molar-refractivity contribution in [2.24, 2.45) is 0 Å². The minimum atomic E-state index is -0.749. The van der Waals surface area contributed by atoms with Crippen LogP contribution in [0.2, 0.25) is 0 Å². The summed E-state index contributed by atoms with van der Waals surface area (Å²) < 4.78 is 4.80. The highest BCUT2D eigenvalue weighted by Gasteiger charge is 2.18. The number of carbonyl (C=O) groups is 1. The van der Waals surface area contributed by atoms with Gasteiger partial charge in [0.1, 0.15) is 4.92 Å². The van der Waals surface area contributed by atoms with Crippen LogP contribution in [-0.2, 0) is 0 Å². The maximum Gasteiger partial charge on any atom is 0.433 e. The van der Waals surface area contributed by atoms with Gasteiger partial charge in [-0.25, -0.2) is 4.98 Å². The van der Waals surface area contributed by atoms with Crippen LogP contribution < -0.4 is 5.32 Å². The van der Waals surface area contributed by atoms with Crippen molar-refractivity contribution in [1.82, 2.24) is 4.98 Å². The molecule has 1 amide bonds. The van der Waals surface area contributed by atoms with E-state index in [0.29, 0.717) is 11.3 Å². The lowest BCUT2D eigenvalue weighted by Crippen LogP contribution is -2.10. The quantitative estimate of drug-likeness (QED) is 0.542. The topological polar surface area (TPSA) is 141 Å². The molecule has 3 aromatic rings. The van der Waals surface area contributed by atoms with Gasteiger partial charge in [-0.1, -0.05) is 12.1 Å². The molecule has 3 rings (SSSR count). The molecule has 0 spiro atoms. The van der Waals surface area contributed by atoms with Gasteiger partial charge in [-0.2, -0.15) is 0 Å². The first-order valence-electron chi connectivity index (χ1n) is 6.70. The number of anilines is 1. The Labute approximate surface area is 143 Å². The van der Waals surface area contributed by atoms with Crippen molar-refractivity contribution in [2.75, 3.05) is 5.32 Å². The summed E-state index contributed by atoms with van der Waals surface area (Å²) in [4.78, 5) is 36.3. The summed E-state index contributed by atoms with van der Waals surface area (Å²) in [6.07, 6.45) is 0. The number of carbonyl (C=O) groups excluding carboxylic acids is 1. The van der Waals surface area contributed by atoms with E-state index in [2.05, 4.69) is 10.3 Å². The molecule has 1 aromatic carbocycles. The van der Waals surface area contributed by atoms with E-state index in [1.54, 1.807) is 11.4 Å². The van der Waals surface area contributed by atoms with Crippen molar-refractivity contribution >= 4 is 33.9 Å². The predicted octanol–water partition coefficient (Wildman–Crippen LogP) is 3.47. The fourth-order valence-corrected chi connectivity index (χ4v) is 2.66. The Bertz CT molecular complexity index is 979. The van der Waals surface area contributed by atoms with Crippen LogP contribution in [0.3, 0.4) is 0 Å². The normalized spacial score (nSPS) is 10.4. The fourth-order valence-electron chi connectivity index (χ4n) is 1.95. The summed E-state index contributed by atoms with van der Waals surface area (Å²) in [6.45, 7) is 0. The highest BCUT2D eigenvalue weighted by molar-refractivity contribution is 7.14. The molecule has 11 heteroatoms. The van der Waals surface area contributed by atoms with Crippen LogP contribution in [0.25, 0.3) is 11.3 Å². The summed E-state index contributed by atoms with van der Waals surface area (Å²) in [5.74, 6) is -1.45. The summed E-state index contributed by atoms with van der Waals surface area (Å²) >= 11 is 1.11. The lowest BCUT2D eigenvalue weighted by atomic mass is 10.1. The van der Waals surface area contributed by atoms with E-state index in [4.69, 9.17) is 4.42 Å². The molecular formula is C14H8N4O6S. The number of hydrogen-bond donors (Lipinski definition) is 1. The van der Waals surface area contributed by atoms with Crippen LogP contribution in [0.15, 0.2) is 46.2 Å². The molecule has 2 heterocycles. The monoisotopic (exact) mass is 360 g/mol. The van der Waals surface area contributed by atoms with Crippen molar-refractivity contribution in [1.29, 1.82) is 0 Å². The standard InChI is InChI=1S/C14H8N4O6S/c19-13(11-4-5-12(24-11)18(22)23)16-14-15-10(7-25-14)8-2-1-3-9(6-8)17(20)21/h1-7H,(H,15,16,19). The minimum absolute atomic E-state index is 0.0704. The number of nitrogens with one attached hydrogen (secondary N) is 1. The molecular weight excluding hydrogens is 352 g/mol. The molecule has 0 aliphatic rings. The number of amides is 1. The smallest absolute Gasteiger partial charge is 0.395 e. The highest BCUT2D eigenvalue weighted by Crippen LogP contribution is 2.28. The minimum Gasteiger partial charge on any atom is -0.395 e.